The number of Topliss-reactive ketones (excluding diaryl/α,β-unsaturated/α-hetero) is 1. The van der Waals surface area contributed by atoms with Crippen LogP contribution >= 0.6 is 23.4 Å². The topological polar surface area (TPSA) is 17.1 Å². The lowest BCUT2D eigenvalue weighted by Crippen LogP contribution is -2.24. The Morgan fingerprint density at radius 3 is 3.00 bits per heavy atom. The van der Waals surface area contributed by atoms with Crippen molar-refractivity contribution in [2.75, 3.05) is 5.75 Å². The first kappa shape index (κ1) is 14.9. The molecule has 2 rings (SSSR count). The monoisotopic (exact) mass is 296 g/mol. The van der Waals surface area contributed by atoms with Crippen LogP contribution in [0.5, 0.6) is 0 Å². The summed E-state index contributed by atoms with van der Waals surface area (Å²) in [6.07, 6.45) is 5.93. The third-order valence-corrected chi connectivity index (χ3v) is 5.24. The van der Waals surface area contributed by atoms with Gasteiger partial charge in [0.05, 0.1) is 5.75 Å². The third-order valence-electron chi connectivity index (χ3n) is 3.99. The number of hydrogen-bond acceptors (Lipinski definition) is 2. The van der Waals surface area contributed by atoms with Crippen molar-refractivity contribution in [1.82, 2.24) is 0 Å². The first-order chi connectivity index (χ1) is 9.19. The molecule has 0 saturated heterocycles. The Balaban J connectivity index is 1.84. The van der Waals surface area contributed by atoms with Crippen LogP contribution in [0.25, 0.3) is 0 Å². The van der Waals surface area contributed by atoms with Crippen molar-refractivity contribution >= 4 is 29.1 Å². The smallest absolute Gasteiger partial charge is 0.146 e. The van der Waals surface area contributed by atoms with Gasteiger partial charge < -0.3 is 0 Å². The fourth-order valence-corrected chi connectivity index (χ4v) is 3.97. The summed E-state index contributed by atoms with van der Waals surface area (Å²) in [5.74, 6) is 2.06. The zero-order valence-corrected chi connectivity index (χ0v) is 13.0. The minimum absolute atomic E-state index is 0.297. The molecule has 1 aliphatic rings. The summed E-state index contributed by atoms with van der Waals surface area (Å²) in [6, 6.07) is 7.73. The normalized spacial score (nSPS) is 23.3. The fourth-order valence-electron chi connectivity index (χ4n) is 2.78. The Hall–Kier alpha value is -0.470. The van der Waals surface area contributed by atoms with Gasteiger partial charge in [-0.1, -0.05) is 43.9 Å². The SMILES string of the molecule is CCC1CCCC(C(=O)CSc2cccc(Cl)c2)C1. The molecule has 0 aromatic heterocycles. The summed E-state index contributed by atoms with van der Waals surface area (Å²) >= 11 is 7.56. The van der Waals surface area contributed by atoms with Crippen LogP contribution in [0, 0.1) is 11.8 Å². The van der Waals surface area contributed by atoms with E-state index in [9.17, 15) is 4.79 Å². The van der Waals surface area contributed by atoms with Crippen LogP contribution in [0.2, 0.25) is 5.02 Å². The minimum atomic E-state index is 0.297. The largest absolute Gasteiger partial charge is 0.298 e. The summed E-state index contributed by atoms with van der Waals surface area (Å²) in [7, 11) is 0. The molecule has 2 unspecified atom stereocenters. The molecular formula is C16H21ClOS. The summed E-state index contributed by atoms with van der Waals surface area (Å²) < 4.78 is 0. The number of ketones is 1. The van der Waals surface area contributed by atoms with E-state index in [1.807, 2.05) is 24.3 Å². The summed E-state index contributed by atoms with van der Waals surface area (Å²) in [6.45, 7) is 2.23. The Labute approximate surface area is 125 Å². The van der Waals surface area contributed by atoms with Gasteiger partial charge in [0.1, 0.15) is 5.78 Å². The maximum Gasteiger partial charge on any atom is 0.146 e. The van der Waals surface area contributed by atoms with E-state index in [0.717, 1.165) is 28.7 Å². The second kappa shape index (κ2) is 7.35. The molecule has 0 radical (unpaired) electrons. The predicted octanol–water partition coefficient (Wildman–Crippen LogP) is 5.22. The maximum absolute atomic E-state index is 12.3. The van der Waals surface area contributed by atoms with Gasteiger partial charge in [-0.25, -0.2) is 0 Å². The van der Waals surface area contributed by atoms with Crippen molar-refractivity contribution in [2.45, 2.75) is 43.9 Å². The predicted molar refractivity (Wildman–Crippen MR) is 82.9 cm³/mol. The molecular weight excluding hydrogens is 276 g/mol. The molecule has 2 atom stereocenters. The number of carbonyl (C=O) groups excluding carboxylic acids is 1. The van der Waals surface area contributed by atoms with E-state index >= 15 is 0 Å². The van der Waals surface area contributed by atoms with Gasteiger partial charge in [-0.2, -0.15) is 0 Å². The van der Waals surface area contributed by atoms with Crippen molar-refractivity contribution in [2.24, 2.45) is 11.8 Å². The van der Waals surface area contributed by atoms with Crippen molar-refractivity contribution in [3.63, 3.8) is 0 Å². The average Bonchev–Trinajstić information content (AvgIpc) is 2.45. The first-order valence-electron chi connectivity index (χ1n) is 7.10. The van der Waals surface area contributed by atoms with Gasteiger partial charge in [0.15, 0.2) is 0 Å². The molecule has 0 bridgehead atoms. The average molecular weight is 297 g/mol. The molecule has 104 valence electrons. The van der Waals surface area contributed by atoms with Crippen LogP contribution in [0.1, 0.15) is 39.0 Å². The molecule has 1 aliphatic carbocycles. The minimum Gasteiger partial charge on any atom is -0.298 e. The highest BCUT2D eigenvalue weighted by Crippen LogP contribution is 2.33. The molecule has 0 N–H and O–H groups in total. The molecule has 3 heteroatoms. The van der Waals surface area contributed by atoms with Crippen molar-refractivity contribution in [3.8, 4) is 0 Å². The van der Waals surface area contributed by atoms with E-state index in [0.29, 0.717) is 17.5 Å². The Morgan fingerprint density at radius 2 is 2.26 bits per heavy atom. The summed E-state index contributed by atoms with van der Waals surface area (Å²) in [5.41, 5.74) is 0. The Morgan fingerprint density at radius 1 is 1.42 bits per heavy atom. The van der Waals surface area contributed by atoms with Crippen LogP contribution in [0.4, 0.5) is 0 Å². The van der Waals surface area contributed by atoms with Crippen LogP contribution in [0.15, 0.2) is 29.2 Å². The lowest BCUT2D eigenvalue weighted by atomic mass is 9.78. The van der Waals surface area contributed by atoms with Gasteiger partial charge in [0, 0.05) is 15.8 Å². The highest BCUT2D eigenvalue weighted by atomic mass is 35.5. The van der Waals surface area contributed by atoms with Gasteiger partial charge in [-0.15, -0.1) is 11.8 Å². The summed E-state index contributed by atoms with van der Waals surface area (Å²) in [5, 5.41) is 0.737. The highest BCUT2D eigenvalue weighted by molar-refractivity contribution is 8.00. The first-order valence-corrected chi connectivity index (χ1v) is 8.46. The number of thioether (sulfide) groups is 1. The molecule has 0 amide bonds. The van der Waals surface area contributed by atoms with E-state index in [2.05, 4.69) is 6.92 Å². The van der Waals surface area contributed by atoms with E-state index < -0.39 is 0 Å². The molecule has 1 nitrogen and oxygen atoms in total. The lowest BCUT2D eigenvalue weighted by Gasteiger charge is -2.27. The van der Waals surface area contributed by atoms with Crippen LogP contribution in [-0.4, -0.2) is 11.5 Å². The van der Waals surface area contributed by atoms with Crippen molar-refractivity contribution in [1.29, 1.82) is 0 Å². The highest BCUT2D eigenvalue weighted by Gasteiger charge is 2.25. The molecule has 19 heavy (non-hydrogen) atoms. The van der Waals surface area contributed by atoms with Crippen molar-refractivity contribution < 1.29 is 4.79 Å². The van der Waals surface area contributed by atoms with Crippen LogP contribution < -0.4 is 0 Å². The van der Waals surface area contributed by atoms with Gasteiger partial charge in [0.2, 0.25) is 0 Å². The van der Waals surface area contributed by atoms with Crippen LogP contribution in [-0.2, 0) is 4.79 Å². The fraction of sp³-hybridized carbons (Fsp3) is 0.562. The molecule has 0 heterocycles. The van der Waals surface area contributed by atoms with E-state index in [4.69, 9.17) is 11.6 Å². The second-order valence-corrected chi connectivity index (χ2v) is 6.84. The van der Waals surface area contributed by atoms with E-state index in [1.54, 1.807) is 11.8 Å². The number of halogens is 1. The number of hydrogen-bond donors (Lipinski definition) is 0. The standard InChI is InChI=1S/C16H21ClOS/c1-2-12-5-3-6-13(9-12)16(18)11-19-15-8-4-7-14(17)10-15/h4,7-8,10,12-13H,2-3,5-6,9,11H2,1H3. The lowest BCUT2D eigenvalue weighted by molar-refractivity contribution is -0.121. The van der Waals surface area contributed by atoms with Crippen LogP contribution in [0.3, 0.4) is 0 Å². The maximum atomic E-state index is 12.3. The Bertz CT molecular complexity index is 433. The quantitative estimate of drug-likeness (QED) is 0.693. The van der Waals surface area contributed by atoms with Gasteiger partial charge in [-0.05, 0) is 37.0 Å². The van der Waals surface area contributed by atoms with E-state index in [1.165, 1.54) is 19.3 Å². The molecule has 1 fully saturated rings. The number of rotatable bonds is 5. The number of carbonyl (C=O) groups is 1. The molecule has 0 aliphatic heterocycles. The third kappa shape index (κ3) is 4.54. The molecule has 1 aromatic rings. The van der Waals surface area contributed by atoms with E-state index in [-0.39, 0.29) is 0 Å². The number of benzene rings is 1. The molecule has 1 saturated carbocycles. The molecule has 0 spiro atoms. The van der Waals surface area contributed by atoms with Gasteiger partial charge in [0.25, 0.3) is 0 Å². The Kier molecular flexibility index (Phi) is 5.77. The second-order valence-electron chi connectivity index (χ2n) is 5.35. The zero-order chi connectivity index (χ0) is 13.7. The van der Waals surface area contributed by atoms with Crippen molar-refractivity contribution in [3.05, 3.63) is 29.3 Å². The molecule has 1 aromatic carbocycles. The summed E-state index contributed by atoms with van der Waals surface area (Å²) in [4.78, 5) is 13.4. The van der Waals surface area contributed by atoms with Gasteiger partial charge in [-0.3, -0.25) is 4.79 Å². The van der Waals surface area contributed by atoms with Gasteiger partial charge >= 0.3 is 0 Å². The zero-order valence-electron chi connectivity index (χ0n) is 11.4.